The molecule has 0 radical (unpaired) electrons. The van der Waals surface area contributed by atoms with Gasteiger partial charge < -0.3 is 5.32 Å². The third-order valence-corrected chi connectivity index (χ3v) is 3.94. The molecule has 6 nitrogen and oxygen atoms in total. The normalized spacial score (nSPS) is 11.1. The van der Waals surface area contributed by atoms with Gasteiger partial charge in [0.25, 0.3) is 10.0 Å². The van der Waals surface area contributed by atoms with Gasteiger partial charge in [0.2, 0.25) is 0 Å². The summed E-state index contributed by atoms with van der Waals surface area (Å²) in [6, 6.07) is 6.50. The molecule has 20 heavy (non-hydrogen) atoms. The number of anilines is 2. The molecule has 0 aromatic carbocycles. The standard InChI is InChI=1S/C13H16N4O2S/c1-3-14-13-11(5-4-8-15-13)20(18,19)17-12-7-6-10(2)9-16-12/h4-9H,3H2,1-2H3,(H,14,15)(H,16,17). The zero-order chi connectivity index (χ0) is 14.6. The van der Waals surface area contributed by atoms with E-state index < -0.39 is 10.0 Å². The zero-order valence-electron chi connectivity index (χ0n) is 11.3. The summed E-state index contributed by atoms with van der Waals surface area (Å²) < 4.78 is 27.1. The highest BCUT2D eigenvalue weighted by atomic mass is 32.2. The van der Waals surface area contributed by atoms with Gasteiger partial charge in [0, 0.05) is 18.9 Å². The smallest absolute Gasteiger partial charge is 0.266 e. The van der Waals surface area contributed by atoms with Gasteiger partial charge in [-0.05, 0) is 37.6 Å². The first-order valence-electron chi connectivity index (χ1n) is 6.17. The minimum absolute atomic E-state index is 0.101. The van der Waals surface area contributed by atoms with Crippen molar-refractivity contribution in [1.29, 1.82) is 0 Å². The van der Waals surface area contributed by atoms with E-state index in [1.165, 1.54) is 6.07 Å². The van der Waals surface area contributed by atoms with Gasteiger partial charge in [-0.15, -0.1) is 0 Å². The van der Waals surface area contributed by atoms with Gasteiger partial charge in [-0.25, -0.2) is 18.4 Å². The molecule has 0 saturated carbocycles. The quantitative estimate of drug-likeness (QED) is 0.880. The third-order valence-electron chi connectivity index (χ3n) is 2.55. The van der Waals surface area contributed by atoms with Crippen LogP contribution in [0.2, 0.25) is 0 Å². The second-order valence-corrected chi connectivity index (χ2v) is 5.86. The zero-order valence-corrected chi connectivity index (χ0v) is 12.1. The first-order chi connectivity index (χ1) is 9.53. The van der Waals surface area contributed by atoms with Crippen molar-refractivity contribution >= 4 is 21.7 Å². The summed E-state index contributed by atoms with van der Waals surface area (Å²) in [4.78, 5) is 8.17. The van der Waals surface area contributed by atoms with Gasteiger partial charge in [-0.1, -0.05) is 6.07 Å². The van der Waals surface area contributed by atoms with Crippen LogP contribution in [0.25, 0.3) is 0 Å². The molecule has 106 valence electrons. The van der Waals surface area contributed by atoms with Crippen LogP contribution < -0.4 is 10.0 Å². The van der Waals surface area contributed by atoms with Gasteiger partial charge in [0.15, 0.2) is 0 Å². The molecule has 7 heteroatoms. The highest BCUT2D eigenvalue weighted by Crippen LogP contribution is 2.20. The minimum atomic E-state index is -3.72. The Morgan fingerprint density at radius 1 is 1.20 bits per heavy atom. The second-order valence-electron chi connectivity index (χ2n) is 4.21. The van der Waals surface area contributed by atoms with Gasteiger partial charge >= 0.3 is 0 Å². The first kappa shape index (κ1) is 14.3. The van der Waals surface area contributed by atoms with Crippen molar-refractivity contribution in [2.45, 2.75) is 18.7 Å². The lowest BCUT2D eigenvalue weighted by Gasteiger charge is -2.11. The van der Waals surface area contributed by atoms with Crippen molar-refractivity contribution < 1.29 is 8.42 Å². The van der Waals surface area contributed by atoms with Crippen molar-refractivity contribution in [2.24, 2.45) is 0 Å². The van der Waals surface area contributed by atoms with Crippen LogP contribution in [0.15, 0.2) is 41.6 Å². The number of aromatic nitrogens is 2. The predicted octanol–water partition coefficient (Wildman–Crippen LogP) is 2.02. The Morgan fingerprint density at radius 2 is 2.00 bits per heavy atom. The lowest BCUT2D eigenvalue weighted by atomic mass is 10.3. The molecule has 2 heterocycles. The molecule has 0 aliphatic carbocycles. The highest BCUT2D eigenvalue weighted by Gasteiger charge is 2.19. The van der Waals surface area contributed by atoms with E-state index in [9.17, 15) is 8.42 Å². The second kappa shape index (κ2) is 5.87. The number of nitrogens with one attached hydrogen (secondary N) is 2. The van der Waals surface area contributed by atoms with Crippen LogP contribution >= 0.6 is 0 Å². The third kappa shape index (κ3) is 3.24. The number of hydrogen-bond acceptors (Lipinski definition) is 5. The summed E-state index contributed by atoms with van der Waals surface area (Å²) in [5.74, 6) is 0.608. The van der Waals surface area contributed by atoms with Gasteiger partial charge in [-0.3, -0.25) is 4.72 Å². The number of aryl methyl sites for hydroxylation is 1. The molecule has 0 fully saturated rings. The molecule has 0 saturated heterocycles. The molecule has 2 rings (SSSR count). The fourth-order valence-corrected chi connectivity index (χ4v) is 2.77. The van der Waals surface area contributed by atoms with E-state index in [0.29, 0.717) is 12.4 Å². The van der Waals surface area contributed by atoms with E-state index >= 15 is 0 Å². The Kier molecular flexibility index (Phi) is 4.19. The summed E-state index contributed by atoms with van der Waals surface area (Å²) in [5, 5.41) is 2.93. The van der Waals surface area contributed by atoms with Gasteiger partial charge in [0.05, 0.1) is 0 Å². The Morgan fingerprint density at radius 3 is 2.65 bits per heavy atom. The summed E-state index contributed by atoms with van der Waals surface area (Å²) in [5.41, 5.74) is 0.961. The van der Waals surface area contributed by atoms with E-state index in [-0.39, 0.29) is 10.7 Å². The van der Waals surface area contributed by atoms with E-state index in [1.54, 1.807) is 30.6 Å². The first-order valence-corrected chi connectivity index (χ1v) is 7.65. The van der Waals surface area contributed by atoms with Crippen LogP contribution in [0.1, 0.15) is 12.5 Å². The largest absolute Gasteiger partial charge is 0.369 e. The summed E-state index contributed by atoms with van der Waals surface area (Å²) in [6.07, 6.45) is 3.15. The fourth-order valence-electron chi connectivity index (χ4n) is 1.63. The lowest BCUT2D eigenvalue weighted by molar-refractivity contribution is 0.601. The Labute approximate surface area is 118 Å². The maximum absolute atomic E-state index is 12.4. The van der Waals surface area contributed by atoms with Crippen molar-refractivity contribution in [2.75, 3.05) is 16.6 Å². The molecule has 0 aliphatic heterocycles. The fraction of sp³-hybridized carbons (Fsp3) is 0.231. The highest BCUT2D eigenvalue weighted by molar-refractivity contribution is 7.92. The monoisotopic (exact) mass is 292 g/mol. The lowest BCUT2D eigenvalue weighted by Crippen LogP contribution is -2.16. The summed E-state index contributed by atoms with van der Waals surface area (Å²) in [7, 11) is -3.72. The van der Waals surface area contributed by atoms with Crippen LogP contribution in [0.4, 0.5) is 11.6 Å². The Hall–Kier alpha value is -2.15. The number of hydrogen-bond donors (Lipinski definition) is 2. The SMILES string of the molecule is CCNc1ncccc1S(=O)(=O)Nc1ccc(C)cn1. The van der Waals surface area contributed by atoms with Crippen LogP contribution in [0, 0.1) is 6.92 Å². The van der Waals surface area contributed by atoms with Gasteiger partial charge in [0.1, 0.15) is 16.5 Å². The van der Waals surface area contributed by atoms with Crippen molar-refractivity contribution in [3.05, 3.63) is 42.2 Å². The molecule has 2 aromatic heterocycles. The van der Waals surface area contributed by atoms with Crippen molar-refractivity contribution in [1.82, 2.24) is 9.97 Å². The molecule has 2 N–H and O–H groups in total. The molecular formula is C13H16N4O2S. The average Bonchev–Trinajstić information content (AvgIpc) is 2.42. The van der Waals surface area contributed by atoms with E-state index in [1.807, 2.05) is 13.8 Å². The Bertz CT molecular complexity index is 684. The number of pyridine rings is 2. The Balaban J connectivity index is 2.33. The maximum atomic E-state index is 12.4. The van der Waals surface area contributed by atoms with Crippen LogP contribution in [-0.2, 0) is 10.0 Å². The molecule has 0 spiro atoms. The van der Waals surface area contributed by atoms with Crippen molar-refractivity contribution in [3.63, 3.8) is 0 Å². The molecule has 2 aromatic rings. The van der Waals surface area contributed by atoms with Gasteiger partial charge in [-0.2, -0.15) is 0 Å². The average molecular weight is 292 g/mol. The van der Waals surface area contributed by atoms with E-state index in [0.717, 1.165) is 5.56 Å². The number of nitrogens with zero attached hydrogens (tertiary/aromatic N) is 2. The molecule has 0 unspecified atom stereocenters. The topological polar surface area (TPSA) is 84.0 Å². The minimum Gasteiger partial charge on any atom is -0.369 e. The van der Waals surface area contributed by atoms with Crippen LogP contribution in [0.5, 0.6) is 0 Å². The van der Waals surface area contributed by atoms with Crippen LogP contribution in [-0.4, -0.2) is 24.9 Å². The van der Waals surface area contributed by atoms with Crippen LogP contribution in [0.3, 0.4) is 0 Å². The summed E-state index contributed by atoms with van der Waals surface area (Å²) in [6.45, 7) is 4.35. The molecule has 0 amide bonds. The number of sulfonamides is 1. The van der Waals surface area contributed by atoms with E-state index in [4.69, 9.17) is 0 Å². The van der Waals surface area contributed by atoms with Crippen molar-refractivity contribution in [3.8, 4) is 0 Å². The van der Waals surface area contributed by atoms with E-state index in [2.05, 4.69) is 20.0 Å². The molecule has 0 atom stereocenters. The number of rotatable bonds is 5. The molecule has 0 aliphatic rings. The molecule has 0 bridgehead atoms. The predicted molar refractivity (Wildman–Crippen MR) is 78.2 cm³/mol. The maximum Gasteiger partial charge on any atom is 0.266 e. The summed E-state index contributed by atoms with van der Waals surface area (Å²) >= 11 is 0. The molecular weight excluding hydrogens is 276 g/mol.